The van der Waals surface area contributed by atoms with Gasteiger partial charge in [0, 0.05) is 25.9 Å². The maximum atomic E-state index is 12.0. The number of carbonyl (C=O) groups excluding carboxylic acids is 1. The number of aliphatic hydroxyl groups excluding tert-OH is 1. The molecule has 0 radical (unpaired) electrons. The van der Waals surface area contributed by atoms with E-state index in [1.807, 2.05) is 6.07 Å². The zero-order chi connectivity index (χ0) is 11.4. The maximum Gasteiger partial charge on any atom is 0.272 e. The lowest BCUT2D eigenvalue weighted by Crippen LogP contribution is -2.41. The van der Waals surface area contributed by atoms with Crippen LogP contribution in [-0.2, 0) is 0 Å². The first kappa shape index (κ1) is 11.1. The second-order valence-electron chi connectivity index (χ2n) is 4.16. The number of amides is 1. The number of aliphatic hydroxyl groups is 1. The molecule has 16 heavy (non-hydrogen) atoms. The number of pyridine rings is 1. The number of rotatable bonds is 2. The average molecular weight is 220 g/mol. The summed E-state index contributed by atoms with van der Waals surface area (Å²) in [6.07, 6.45) is 3.59. The van der Waals surface area contributed by atoms with Gasteiger partial charge in [0.2, 0.25) is 0 Å². The fourth-order valence-electron chi connectivity index (χ4n) is 2.05. The molecule has 1 aliphatic heterocycles. The van der Waals surface area contributed by atoms with Crippen LogP contribution in [0.3, 0.4) is 0 Å². The Morgan fingerprint density at radius 2 is 2.44 bits per heavy atom. The third-order valence-corrected chi connectivity index (χ3v) is 2.95. The van der Waals surface area contributed by atoms with Gasteiger partial charge in [-0.2, -0.15) is 0 Å². The summed E-state index contributed by atoms with van der Waals surface area (Å²) in [7, 11) is 0. The Hall–Kier alpha value is -1.42. The Morgan fingerprint density at radius 3 is 3.12 bits per heavy atom. The summed E-state index contributed by atoms with van der Waals surface area (Å²) in [6.45, 7) is 1.57. The van der Waals surface area contributed by atoms with Crippen molar-refractivity contribution in [2.75, 3.05) is 19.7 Å². The lowest BCUT2D eigenvalue weighted by molar-refractivity contribution is 0.0615. The van der Waals surface area contributed by atoms with Crippen LogP contribution in [0.15, 0.2) is 24.4 Å². The van der Waals surface area contributed by atoms with Gasteiger partial charge in [-0.15, -0.1) is 0 Å². The normalized spacial score (nSPS) is 20.8. The smallest absolute Gasteiger partial charge is 0.272 e. The second kappa shape index (κ2) is 5.07. The van der Waals surface area contributed by atoms with E-state index in [2.05, 4.69) is 4.98 Å². The molecule has 4 heteroatoms. The van der Waals surface area contributed by atoms with Crippen molar-refractivity contribution in [2.45, 2.75) is 12.8 Å². The minimum atomic E-state index is -0.0289. The van der Waals surface area contributed by atoms with Crippen LogP contribution in [0.1, 0.15) is 23.3 Å². The van der Waals surface area contributed by atoms with Crippen LogP contribution >= 0.6 is 0 Å². The van der Waals surface area contributed by atoms with Gasteiger partial charge in [-0.05, 0) is 30.9 Å². The molecule has 1 N–H and O–H groups in total. The van der Waals surface area contributed by atoms with Crippen molar-refractivity contribution in [1.82, 2.24) is 9.88 Å². The zero-order valence-electron chi connectivity index (χ0n) is 9.17. The van der Waals surface area contributed by atoms with E-state index in [1.165, 1.54) is 0 Å². The molecule has 1 aromatic rings. The largest absolute Gasteiger partial charge is 0.396 e. The van der Waals surface area contributed by atoms with Gasteiger partial charge in [-0.25, -0.2) is 0 Å². The molecule has 1 amide bonds. The van der Waals surface area contributed by atoms with Crippen molar-refractivity contribution < 1.29 is 9.90 Å². The van der Waals surface area contributed by atoms with Crippen molar-refractivity contribution in [1.29, 1.82) is 0 Å². The minimum Gasteiger partial charge on any atom is -0.396 e. The lowest BCUT2D eigenvalue weighted by Gasteiger charge is -2.31. The van der Waals surface area contributed by atoms with Crippen LogP contribution in [0.5, 0.6) is 0 Å². The summed E-state index contributed by atoms with van der Waals surface area (Å²) in [5, 5.41) is 9.11. The van der Waals surface area contributed by atoms with Gasteiger partial charge >= 0.3 is 0 Å². The minimum absolute atomic E-state index is 0.0289. The Labute approximate surface area is 94.9 Å². The molecule has 0 bridgehead atoms. The SMILES string of the molecule is O=C(c1ccccn1)N1CCC[C@H](CO)C1. The standard InChI is InChI=1S/C12H16N2O2/c15-9-10-4-3-7-14(8-10)12(16)11-5-1-2-6-13-11/h1-2,5-6,10,15H,3-4,7-9H2/t10-/m0/s1. The molecule has 2 rings (SSSR count). The van der Waals surface area contributed by atoms with Gasteiger partial charge < -0.3 is 10.0 Å². The van der Waals surface area contributed by atoms with Crippen LogP contribution < -0.4 is 0 Å². The highest BCUT2D eigenvalue weighted by molar-refractivity contribution is 5.92. The van der Waals surface area contributed by atoms with Crippen LogP contribution in [0, 0.1) is 5.92 Å². The number of nitrogens with zero attached hydrogens (tertiary/aromatic N) is 2. The number of hydrogen-bond acceptors (Lipinski definition) is 3. The molecule has 2 heterocycles. The second-order valence-corrected chi connectivity index (χ2v) is 4.16. The van der Waals surface area contributed by atoms with E-state index in [0.717, 1.165) is 19.4 Å². The zero-order valence-corrected chi connectivity index (χ0v) is 9.17. The number of piperidine rings is 1. The summed E-state index contributed by atoms with van der Waals surface area (Å²) < 4.78 is 0. The average Bonchev–Trinajstić information content (AvgIpc) is 2.39. The van der Waals surface area contributed by atoms with Crippen LogP contribution in [-0.4, -0.2) is 40.6 Å². The topological polar surface area (TPSA) is 53.4 Å². The molecule has 1 atom stereocenters. The molecule has 0 unspecified atom stereocenters. The van der Waals surface area contributed by atoms with Crippen molar-refractivity contribution in [3.05, 3.63) is 30.1 Å². The highest BCUT2D eigenvalue weighted by Gasteiger charge is 2.24. The molecule has 0 saturated carbocycles. The van der Waals surface area contributed by atoms with E-state index in [1.54, 1.807) is 23.2 Å². The Morgan fingerprint density at radius 1 is 1.56 bits per heavy atom. The van der Waals surface area contributed by atoms with E-state index >= 15 is 0 Å². The van der Waals surface area contributed by atoms with Gasteiger partial charge in [-0.3, -0.25) is 9.78 Å². The van der Waals surface area contributed by atoms with E-state index in [-0.39, 0.29) is 18.4 Å². The monoisotopic (exact) mass is 220 g/mol. The quantitative estimate of drug-likeness (QED) is 0.806. The van der Waals surface area contributed by atoms with Gasteiger partial charge in [0.05, 0.1) is 0 Å². The summed E-state index contributed by atoms with van der Waals surface area (Å²) in [6, 6.07) is 5.34. The van der Waals surface area contributed by atoms with Crippen LogP contribution in [0.25, 0.3) is 0 Å². The first-order chi connectivity index (χ1) is 7.81. The van der Waals surface area contributed by atoms with Gasteiger partial charge in [0.1, 0.15) is 5.69 Å². The highest BCUT2D eigenvalue weighted by Crippen LogP contribution is 2.17. The Balaban J connectivity index is 2.05. The third-order valence-electron chi connectivity index (χ3n) is 2.95. The summed E-state index contributed by atoms with van der Waals surface area (Å²) in [4.78, 5) is 17.9. The summed E-state index contributed by atoms with van der Waals surface area (Å²) in [5.74, 6) is 0.195. The molecule has 0 aliphatic carbocycles. The molecular weight excluding hydrogens is 204 g/mol. The molecular formula is C12H16N2O2. The molecule has 0 aromatic carbocycles. The van der Waals surface area contributed by atoms with Crippen molar-refractivity contribution in [3.8, 4) is 0 Å². The van der Waals surface area contributed by atoms with Gasteiger partial charge in [-0.1, -0.05) is 6.07 Å². The fourth-order valence-corrected chi connectivity index (χ4v) is 2.05. The predicted molar refractivity (Wildman–Crippen MR) is 60.0 cm³/mol. The van der Waals surface area contributed by atoms with Crippen molar-refractivity contribution >= 4 is 5.91 Å². The van der Waals surface area contributed by atoms with E-state index < -0.39 is 0 Å². The van der Waals surface area contributed by atoms with E-state index in [9.17, 15) is 4.79 Å². The maximum absolute atomic E-state index is 12.0. The van der Waals surface area contributed by atoms with Crippen molar-refractivity contribution in [3.63, 3.8) is 0 Å². The molecule has 1 saturated heterocycles. The fraction of sp³-hybridized carbons (Fsp3) is 0.500. The number of likely N-dealkylation sites (tertiary alicyclic amines) is 1. The third kappa shape index (κ3) is 2.39. The molecule has 1 fully saturated rings. The molecule has 4 nitrogen and oxygen atoms in total. The van der Waals surface area contributed by atoms with Crippen LogP contribution in [0.4, 0.5) is 0 Å². The Kier molecular flexibility index (Phi) is 3.51. The Bertz CT molecular complexity index is 353. The summed E-state index contributed by atoms with van der Waals surface area (Å²) in [5.41, 5.74) is 0.487. The predicted octanol–water partition coefficient (Wildman–Crippen LogP) is 0.926. The highest BCUT2D eigenvalue weighted by atomic mass is 16.3. The van der Waals surface area contributed by atoms with Crippen LogP contribution in [0.2, 0.25) is 0 Å². The molecule has 86 valence electrons. The molecule has 1 aromatic heterocycles. The molecule has 1 aliphatic rings. The number of hydrogen-bond donors (Lipinski definition) is 1. The lowest BCUT2D eigenvalue weighted by atomic mass is 9.99. The van der Waals surface area contributed by atoms with Gasteiger partial charge in [0.15, 0.2) is 0 Å². The summed E-state index contributed by atoms with van der Waals surface area (Å²) >= 11 is 0. The first-order valence-electron chi connectivity index (χ1n) is 5.62. The first-order valence-corrected chi connectivity index (χ1v) is 5.62. The number of carbonyl (C=O) groups is 1. The van der Waals surface area contributed by atoms with E-state index in [4.69, 9.17) is 5.11 Å². The van der Waals surface area contributed by atoms with Gasteiger partial charge in [0.25, 0.3) is 5.91 Å². The molecule has 0 spiro atoms. The van der Waals surface area contributed by atoms with E-state index in [0.29, 0.717) is 12.2 Å². The van der Waals surface area contributed by atoms with Crippen molar-refractivity contribution in [2.24, 2.45) is 5.92 Å². The number of aromatic nitrogens is 1.